The fourth-order valence-corrected chi connectivity index (χ4v) is 2.35. The molecule has 1 amide bonds. The first-order chi connectivity index (χ1) is 9.13. The highest BCUT2D eigenvalue weighted by Crippen LogP contribution is 2.24. The first kappa shape index (κ1) is 13.8. The summed E-state index contributed by atoms with van der Waals surface area (Å²) in [5.74, 6) is -0.0568. The summed E-state index contributed by atoms with van der Waals surface area (Å²) in [6.07, 6.45) is 0.848. The zero-order valence-electron chi connectivity index (χ0n) is 11.0. The molecule has 0 aliphatic heterocycles. The van der Waals surface area contributed by atoms with Gasteiger partial charge in [0.25, 0.3) is 5.91 Å². The zero-order valence-corrected chi connectivity index (χ0v) is 12.6. The van der Waals surface area contributed by atoms with Crippen molar-refractivity contribution in [2.45, 2.75) is 20.3 Å². The summed E-state index contributed by atoms with van der Waals surface area (Å²) in [6.45, 7) is 4.03. The molecule has 0 spiro atoms. The first-order valence-electron chi connectivity index (χ1n) is 6.28. The quantitative estimate of drug-likeness (QED) is 0.882. The van der Waals surface area contributed by atoms with Crippen molar-refractivity contribution in [2.24, 2.45) is 0 Å². The number of hydrogen-bond donors (Lipinski definition) is 1. The summed E-state index contributed by atoms with van der Waals surface area (Å²) in [5.41, 5.74) is 3.67. The lowest BCUT2D eigenvalue weighted by Crippen LogP contribution is -2.14. The summed E-state index contributed by atoms with van der Waals surface area (Å²) >= 11 is 3.47. The van der Waals surface area contributed by atoms with Gasteiger partial charge in [0.1, 0.15) is 0 Å². The van der Waals surface area contributed by atoms with Crippen molar-refractivity contribution in [3.8, 4) is 0 Å². The van der Waals surface area contributed by atoms with Gasteiger partial charge in [-0.3, -0.25) is 4.79 Å². The van der Waals surface area contributed by atoms with E-state index < -0.39 is 0 Å². The van der Waals surface area contributed by atoms with Crippen LogP contribution in [0.5, 0.6) is 0 Å². The minimum atomic E-state index is -0.0568. The largest absolute Gasteiger partial charge is 0.322 e. The van der Waals surface area contributed by atoms with Crippen molar-refractivity contribution in [3.63, 3.8) is 0 Å². The van der Waals surface area contributed by atoms with Gasteiger partial charge in [-0.05, 0) is 42.7 Å². The van der Waals surface area contributed by atoms with Crippen LogP contribution in [0.25, 0.3) is 0 Å². The average Bonchev–Trinajstić information content (AvgIpc) is 2.43. The molecule has 0 aliphatic rings. The monoisotopic (exact) mass is 317 g/mol. The maximum absolute atomic E-state index is 12.3. The number of benzene rings is 2. The van der Waals surface area contributed by atoms with Crippen molar-refractivity contribution < 1.29 is 4.79 Å². The molecule has 0 saturated heterocycles. The SMILES string of the molecule is CCc1ccccc1C(=O)Nc1cccc(Br)c1C. The molecule has 1 N–H and O–H groups in total. The zero-order chi connectivity index (χ0) is 13.8. The molecule has 0 heterocycles. The molecular weight excluding hydrogens is 302 g/mol. The summed E-state index contributed by atoms with van der Waals surface area (Å²) < 4.78 is 0.995. The van der Waals surface area contributed by atoms with Crippen molar-refractivity contribution >= 4 is 27.5 Å². The molecule has 2 rings (SSSR count). The van der Waals surface area contributed by atoms with E-state index in [4.69, 9.17) is 0 Å². The van der Waals surface area contributed by atoms with Gasteiger partial charge in [-0.15, -0.1) is 0 Å². The van der Waals surface area contributed by atoms with Gasteiger partial charge in [0.15, 0.2) is 0 Å². The Labute approximate surface area is 122 Å². The molecule has 2 aromatic rings. The number of carbonyl (C=O) groups excluding carboxylic acids is 1. The molecule has 2 nitrogen and oxygen atoms in total. The Bertz CT molecular complexity index is 607. The molecule has 0 radical (unpaired) electrons. The molecule has 2 aromatic carbocycles. The fourth-order valence-electron chi connectivity index (χ4n) is 1.98. The third-order valence-electron chi connectivity index (χ3n) is 3.16. The molecule has 0 aromatic heterocycles. The second kappa shape index (κ2) is 6.02. The van der Waals surface area contributed by atoms with E-state index in [0.29, 0.717) is 0 Å². The number of nitrogens with one attached hydrogen (secondary N) is 1. The van der Waals surface area contributed by atoms with Crippen LogP contribution in [0.15, 0.2) is 46.9 Å². The number of carbonyl (C=O) groups is 1. The summed E-state index contributed by atoms with van der Waals surface area (Å²) in [7, 11) is 0. The number of anilines is 1. The normalized spacial score (nSPS) is 10.3. The second-order valence-corrected chi connectivity index (χ2v) is 5.23. The lowest BCUT2D eigenvalue weighted by Gasteiger charge is -2.11. The van der Waals surface area contributed by atoms with Gasteiger partial charge in [0, 0.05) is 15.7 Å². The summed E-state index contributed by atoms with van der Waals surface area (Å²) in [6, 6.07) is 13.5. The van der Waals surface area contributed by atoms with Crippen LogP contribution in [0.4, 0.5) is 5.69 Å². The Morgan fingerprint density at radius 2 is 1.89 bits per heavy atom. The van der Waals surface area contributed by atoms with Crippen LogP contribution in [0.1, 0.15) is 28.4 Å². The summed E-state index contributed by atoms with van der Waals surface area (Å²) in [4.78, 5) is 12.3. The van der Waals surface area contributed by atoms with Gasteiger partial charge >= 0.3 is 0 Å². The summed E-state index contributed by atoms with van der Waals surface area (Å²) in [5, 5.41) is 2.97. The Hall–Kier alpha value is -1.61. The number of rotatable bonds is 3. The van der Waals surface area contributed by atoms with E-state index >= 15 is 0 Å². The maximum atomic E-state index is 12.3. The van der Waals surface area contributed by atoms with E-state index in [2.05, 4.69) is 28.2 Å². The highest BCUT2D eigenvalue weighted by atomic mass is 79.9. The molecule has 98 valence electrons. The predicted octanol–water partition coefficient (Wildman–Crippen LogP) is 4.57. The van der Waals surface area contributed by atoms with E-state index in [1.807, 2.05) is 49.4 Å². The first-order valence-corrected chi connectivity index (χ1v) is 7.07. The molecule has 0 saturated carbocycles. The minimum absolute atomic E-state index is 0.0568. The van der Waals surface area contributed by atoms with Crippen molar-refractivity contribution in [3.05, 3.63) is 63.6 Å². The topological polar surface area (TPSA) is 29.1 Å². The predicted molar refractivity (Wildman–Crippen MR) is 82.7 cm³/mol. The maximum Gasteiger partial charge on any atom is 0.255 e. The molecule has 3 heteroatoms. The van der Waals surface area contributed by atoms with Gasteiger partial charge in [0.2, 0.25) is 0 Å². The lowest BCUT2D eigenvalue weighted by molar-refractivity contribution is 0.102. The van der Waals surface area contributed by atoms with Crippen LogP contribution in [-0.4, -0.2) is 5.91 Å². The van der Waals surface area contributed by atoms with Crippen molar-refractivity contribution in [1.29, 1.82) is 0 Å². The van der Waals surface area contributed by atoms with Gasteiger partial charge < -0.3 is 5.32 Å². The molecule has 0 bridgehead atoms. The van der Waals surface area contributed by atoms with Gasteiger partial charge in [-0.25, -0.2) is 0 Å². The molecule has 0 fully saturated rings. The highest BCUT2D eigenvalue weighted by molar-refractivity contribution is 9.10. The number of amides is 1. The Kier molecular flexibility index (Phi) is 4.38. The van der Waals surface area contributed by atoms with Crippen LogP contribution in [0.3, 0.4) is 0 Å². The molecule has 0 atom stereocenters. The van der Waals surface area contributed by atoms with Crippen LogP contribution >= 0.6 is 15.9 Å². The Balaban J connectivity index is 2.28. The Morgan fingerprint density at radius 3 is 2.63 bits per heavy atom. The fraction of sp³-hybridized carbons (Fsp3) is 0.188. The van der Waals surface area contributed by atoms with Gasteiger partial charge in [-0.1, -0.05) is 47.1 Å². The van der Waals surface area contributed by atoms with E-state index in [1.165, 1.54) is 0 Å². The van der Waals surface area contributed by atoms with E-state index in [1.54, 1.807) is 0 Å². The molecule has 19 heavy (non-hydrogen) atoms. The number of aryl methyl sites for hydroxylation is 1. The van der Waals surface area contributed by atoms with Crippen LogP contribution in [0, 0.1) is 6.92 Å². The van der Waals surface area contributed by atoms with Crippen LogP contribution in [-0.2, 0) is 6.42 Å². The highest BCUT2D eigenvalue weighted by Gasteiger charge is 2.11. The molecular formula is C16H16BrNO. The van der Waals surface area contributed by atoms with E-state index in [0.717, 1.165) is 33.3 Å². The number of hydrogen-bond acceptors (Lipinski definition) is 1. The smallest absolute Gasteiger partial charge is 0.255 e. The van der Waals surface area contributed by atoms with Gasteiger partial charge in [0.05, 0.1) is 0 Å². The molecule has 0 unspecified atom stereocenters. The van der Waals surface area contributed by atoms with Crippen molar-refractivity contribution in [2.75, 3.05) is 5.32 Å². The van der Waals surface area contributed by atoms with Crippen molar-refractivity contribution in [1.82, 2.24) is 0 Å². The van der Waals surface area contributed by atoms with Crippen LogP contribution in [0.2, 0.25) is 0 Å². The standard InChI is InChI=1S/C16H16BrNO/c1-3-12-7-4-5-8-13(12)16(19)18-15-10-6-9-14(17)11(15)2/h4-10H,3H2,1-2H3,(H,18,19). The Morgan fingerprint density at radius 1 is 1.16 bits per heavy atom. The van der Waals surface area contributed by atoms with Gasteiger partial charge in [-0.2, -0.15) is 0 Å². The minimum Gasteiger partial charge on any atom is -0.322 e. The van der Waals surface area contributed by atoms with E-state index in [-0.39, 0.29) is 5.91 Å². The van der Waals surface area contributed by atoms with E-state index in [9.17, 15) is 4.79 Å². The lowest BCUT2D eigenvalue weighted by atomic mass is 10.0. The van der Waals surface area contributed by atoms with Crippen LogP contribution < -0.4 is 5.32 Å². The molecule has 0 aliphatic carbocycles. The second-order valence-electron chi connectivity index (χ2n) is 4.38. The third kappa shape index (κ3) is 3.04. The number of halogens is 1. The average molecular weight is 318 g/mol. The third-order valence-corrected chi connectivity index (χ3v) is 4.02.